The summed E-state index contributed by atoms with van der Waals surface area (Å²) in [7, 11) is 0. The highest BCUT2D eigenvalue weighted by atomic mass is 19.4. The van der Waals surface area contributed by atoms with Crippen LogP contribution >= 0.6 is 0 Å². The molecular weight excluding hydrogens is 305 g/mol. The molecule has 0 aliphatic rings. The van der Waals surface area contributed by atoms with Gasteiger partial charge in [0.25, 0.3) is 0 Å². The summed E-state index contributed by atoms with van der Waals surface area (Å²) in [6.07, 6.45) is 1.73. The highest BCUT2D eigenvalue weighted by Gasteiger charge is 2.34. The van der Waals surface area contributed by atoms with Crippen molar-refractivity contribution in [1.29, 1.82) is 0 Å². The topological polar surface area (TPSA) is 51.6 Å². The lowest BCUT2D eigenvalue weighted by atomic mass is 10.1. The zero-order chi connectivity index (χ0) is 17.6. The molecule has 2 rings (SSSR count). The normalized spacial score (nSPS) is 11.4. The SMILES string of the molecule is CC(C)c1cnc(C(F)(F)F)nc1.Cc1ncc(C(C)C)cn1. The van der Waals surface area contributed by atoms with Gasteiger partial charge in [-0.15, -0.1) is 0 Å². The molecule has 0 saturated carbocycles. The summed E-state index contributed by atoms with van der Waals surface area (Å²) in [6.45, 7) is 9.89. The Morgan fingerprint density at radius 3 is 1.39 bits per heavy atom. The number of hydrogen-bond acceptors (Lipinski definition) is 4. The van der Waals surface area contributed by atoms with Gasteiger partial charge in [0.15, 0.2) is 0 Å². The average Bonchev–Trinajstić information content (AvgIpc) is 2.47. The molecule has 0 bridgehead atoms. The van der Waals surface area contributed by atoms with Crippen LogP contribution in [0.15, 0.2) is 24.8 Å². The average molecular weight is 326 g/mol. The molecule has 2 heterocycles. The number of aryl methyl sites for hydroxylation is 1. The summed E-state index contributed by atoms with van der Waals surface area (Å²) in [6, 6.07) is 0. The third-order valence-electron chi connectivity index (χ3n) is 3.06. The van der Waals surface area contributed by atoms with Crippen LogP contribution in [0.2, 0.25) is 0 Å². The monoisotopic (exact) mass is 326 g/mol. The van der Waals surface area contributed by atoms with Crippen molar-refractivity contribution in [1.82, 2.24) is 19.9 Å². The molecule has 126 valence electrons. The van der Waals surface area contributed by atoms with Crippen LogP contribution in [0.4, 0.5) is 13.2 Å². The molecule has 0 unspecified atom stereocenters. The van der Waals surface area contributed by atoms with Crippen molar-refractivity contribution < 1.29 is 13.2 Å². The Morgan fingerprint density at radius 1 is 0.739 bits per heavy atom. The molecule has 0 amide bonds. The number of rotatable bonds is 2. The van der Waals surface area contributed by atoms with Gasteiger partial charge in [0.2, 0.25) is 5.82 Å². The molecular formula is C16H21F3N4. The quantitative estimate of drug-likeness (QED) is 0.814. The van der Waals surface area contributed by atoms with Gasteiger partial charge < -0.3 is 0 Å². The van der Waals surface area contributed by atoms with Crippen LogP contribution in [-0.2, 0) is 6.18 Å². The van der Waals surface area contributed by atoms with Crippen molar-refractivity contribution in [3.8, 4) is 0 Å². The Bertz CT molecular complexity index is 590. The molecule has 7 heteroatoms. The number of nitrogens with zero attached hydrogens (tertiary/aromatic N) is 4. The minimum absolute atomic E-state index is 0.141. The number of aromatic nitrogens is 4. The van der Waals surface area contributed by atoms with Crippen LogP contribution in [0.25, 0.3) is 0 Å². The molecule has 0 saturated heterocycles. The van der Waals surface area contributed by atoms with E-state index < -0.39 is 12.0 Å². The summed E-state index contributed by atoms with van der Waals surface area (Å²) in [5, 5.41) is 0. The Kier molecular flexibility index (Phi) is 6.60. The van der Waals surface area contributed by atoms with Crippen molar-refractivity contribution in [2.45, 2.75) is 52.6 Å². The first-order chi connectivity index (χ1) is 10.6. The van der Waals surface area contributed by atoms with Crippen molar-refractivity contribution in [3.63, 3.8) is 0 Å². The van der Waals surface area contributed by atoms with Crippen molar-refractivity contribution >= 4 is 0 Å². The molecule has 4 nitrogen and oxygen atoms in total. The predicted molar refractivity (Wildman–Crippen MR) is 82.0 cm³/mol. The molecule has 0 aromatic carbocycles. The van der Waals surface area contributed by atoms with Gasteiger partial charge in [-0.1, -0.05) is 27.7 Å². The van der Waals surface area contributed by atoms with Gasteiger partial charge in [0.05, 0.1) is 0 Å². The lowest BCUT2D eigenvalue weighted by Gasteiger charge is -2.06. The molecule has 2 aromatic heterocycles. The van der Waals surface area contributed by atoms with Gasteiger partial charge in [0.1, 0.15) is 5.82 Å². The van der Waals surface area contributed by atoms with E-state index in [1.165, 1.54) is 18.0 Å². The van der Waals surface area contributed by atoms with Crippen molar-refractivity contribution in [2.24, 2.45) is 0 Å². The fourth-order valence-corrected chi connectivity index (χ4v) is 1.48. The van der Waals surface area contributed by atoms with Crippen LogP contribution in [0.3, 0.4) is 0 Å². The Hall–Kier alpha value is -2.05. The Labute approximate surface area is 134 Å². The number of halogens is 3. The van der Waals surface area contributed by atoms with Gasteiger partial charge >= 0.3 is 6.18 Å². The van der Waals surface area contributed by atoms with E-state index in [9.17, 15) is 13.2 Å². The summed E-state index contributed by atoms with van der Waals surface area (Å²) >= 11 is 0. The first kappa shape index (κ1) is 19.0. The van der Waals surface area contributed by atoms with Crippen molar-refractivity contribution in [3.05, 3.63) is 47.6 Å². The second-order valence-corrected chi connectivity index (χ2v) is 5.71. The fourth-order valence-electron chi connectivity index (χ4n) is 1.48. The lowest BCUT2D eigenvalue weighted by Crippen LogP contribution is -2.11. The van der Waals surface area contributed by atoms with Crippen LogP contribution in [-0.4, -0.2) is 19.9 Å². The van der Waals surface area contributed by atoms with Gasteiger partial charge in [-0.25, -0.2) is 19.9 Å². The first-order valence-corrected chi connectivity index (χ1v) is 7.29. The maximum atomic E-state index is 12.0. The maximum absolute atomic E-state index is 12.0. The largest absolute Gasteiger partial charge is 0.451 e. The molecule has 0 aliphatic heterocycles. The van der Waals surface area contributed by atoms with E-state index in [1.54, 1.807) is 0 Å². The minimum atomic E-state index is -4.45. The molecule has 0 aliphatic carbocycles. The second kappa shape index (κ2) is 7.99. The predicted octanol–water partition coefficient (Wildman–Crippen LogP) is 4.53. The summed E-state index contributed by atoms with van der Waals surface area (Å²) < 4.78 is 36.0. The first-order valence-electron chi connectivity index (χ1n) is 7.29. The highest BCUT2D eigenvalue weighted by molar-refractivity contribution is 5.10. The van der Waals surface area contributed by atoms with Crippen molar-refractivity contribution in [2.75, 3.05) is 0 Å². The second-order valence-electron chi connectivity index (χ2n) is 5.71. The molecule has 0 atom stereocenters. The van der Waals surface area contributed by atoms with E-state index in [4.69, 9.17) is 0 Å². The zero-order valence-electron chi connectivity index (χ0n) is 13.9. The van der Waals surface area contributed by atoms with Crippen LogP contribution in [0, 0.1) is 6.92 Å². The minimum Gasteiger partial charge on any atom is -0.241 e. The highest BCUT2D eigenvalue weighted by Crippen LogP contribution is 2.26. The van der Waals surface area contributed by atoms with E-state index in [1.807, 2.05) is 33.2 Å². The maximum Gasteiger partial charge on any atom is 0.451 e. The molecule has 0 radical (unpaired) electrons. The van der Waals surface area contributed by atoms with E-state index >= 15 is 0 Å². The Balaban J connectivity index is 0.000000238. The molecule has 0 fully saturated rings. The third-order valence-corrected chi connectivity index (χ3v) is 3.06. The van der Waals surface area contributed by atoms with E-state index in [-0.39, 0.29) is 5.92 Å². The van der Waals surface area contributed by atoms with Gasteiger partial charge in [-0.2, -0.15) is 13.2 Å². The molecule has 2 aromatic rings. The third kappa shape index (κ3) is 6.30. The molecule has 0 N–H and O–H groups in total. The van der Waals surface area contributed by atoms with Gasteiger partial charge in [-0.05, 0) is 29.9 Å². The van der Waals surface area contributed by atoms with E-state index in [0.717, 1.165) is 5.82 Å². The van der Waals surface area contributed by atoms with Crippen LogP contribution in [0.5, 0.6) is 0 Å². The summed E-state index contributed by atoms with van der Waals surface area (Å²) in [5.41, 5.74) is 1.90. The fraction of sp³-hybridized carbons (Fsp3) is 0.500. The molecule has 0 spiro atoms. The Morgan fingerprint density at radius 2 is 1.09 bits per heavy atom. The smallest absolute Gasteiger partial charge is 0.241 e. The number of alkyl halides is 3. The zero-order valence-corrected chi connectivity index (χ0v) is 13.9. The standard InChI is InChI=1S/C8H9F3N2.C8H12N2/c1-5(2)6-3-12-7(13-4-6)8(9,10)11;1-6(2)8-4-9-7(3)10-5-8/h3-5H,1-2H3;4-6H,1-3H3. The van der Waals surface area contributed by atoms with Gasteiger partial charge in [0, 0.05) is 24.8 Å². The number of hydrogen-bond donors (Lipinski definition) is 0. The van der Waals surface area contributed by atoms with E-state index in [0.29, 0.717) is 11.5 Å². The van der Waals surface area contributed by atoms with Crippen LogP contribution < -0.4 is 0 Å². The summed E-state index contributed by atoms with van der Waals surface area (Å²) in [5.74, 6) is 0.421. The van der Waals surface area contributed by atoms with Crippen LogP contribution in [0.1, 0.15) is 62.3 Å². The van der Waals surface area contributed by atoms with E-state index in [2.05, 4.69) is 33.8 Å². The molecule has 23 heavy (non-hydrogen) atoms. The lowest BCUT2D eigenvalue weighted by molar-refractivity contribution is -0.145. The summed E-state index contributed by atoms with van der Waals surface area (Å²) in [4.78, 5) is 14.6. The van der Waals surface area contributed by atoms with Gasteiger partial charge in [-0.3, -0.25) is 0 Å².